The van der Waals surface area contributed by atoms with Crippen LogP contribution in [0.5, 0.6) is 0 Å². The van der Waals surface area contributed by atoms with Crippen molar-refractivity contribution >= 4 is 27.5 Å². The molecule has 0 aliphatic carbocycles. The lowest BCUT2D eigenvalue weighted by Crippen LogP contribution is -2.43. The van der Waals surface area contributed by atoms with E-state index >= 15 is 0 Å². The third kappa shape index (κ3) is 1.79. The topological polar surface area (TPSA) is 40.5 Å². The molecule has 0 spiro atoms. The SMILES string of the molecule is CCC1(O)c2cc(Br)ccc2C(=O)N1c1ccccc1. The number of hydrogen-bond donors (Lipinski definition) is 1. The van der Waals surface area contributed by atoms with E-state index in [0.29, 0.717) is 23.2 Å². The van der Waals surface area contributed by atoms with Gasteiger partial charge in [-0.05, 0) is 36.8 Å². The smallest absolute Gasteiger partial charge is 0.261 e. The van der Waals surface area contributed by atoms with E-state index in [2.05, 4.69) is 15.9 Å². The van der Waals surface area contributed by atoms with Gasteiger partial charge >= 0.3 is 0 Å². The molecular weight excluding hydrogens is 318 g/mol. The van der Waals surface area contributed by atoms with E-state index in [-0.39, 0.29) is 5.91 Å². The molecule has 0 radical (unpaired) electrons. The van der Waals surface area contributed by atoms with Crippen molar-refractivity contribution in [3.8, 4) is 0 Å². The van der Waals surface area contributed by atoms with Gasteiger partial charge in [-0.1, -0.05) is 41.1 Å². The zero-order valence-corrected chi connectivity index (χ0v) is 12.6. The van der Waals surface area contributed by atoms with Gasteiger partial charge in [-0.25, -0.2) is 0 Å². The first kappa shape index (κ1) is 13.3. The Bertz CT molecular complexity index is 671. The van der Waals surface area contributed by atoms with E-state index in [1.54, 1.807) is 6.07 Å². The minimum Gasteiger partial charge on any atom is -0.366 e. The highest BCUT2D eigenvalue weighted by atomic mass is 79.9. The molecule has 0 bridgehead atoms. The summed E-state index contributed by atoms with van der Waals surface area (Å²) in [6.45, 7) is 1.87. The molecule has 1 N–H and O–H groups in total. The second-order valence-corrected chi connectivity index (χ2v) is 5.75. The number of hydrogen-bond acceptors (Lipinski definition) is 2. The van der Waals surface area contributed by atoms with Gasteiger partial charge in [-0.3, -0.25) is 9.69 Å². The number of para-hydroxylation sites is 1. The van der Waals surface area contributed by atoms with Gasteiger partial charge in [0.2, 0.25) is 0 Å². The molecule has 0 saturated carbocycles. The average molecular weight is 332 g/mol. The van der Waals surface area contributed by atoms with Crippen LogP contribution in [0.2, 0.25) is 0 Å². The molecule has 2 aromatic carbocycles. The summed E-state index contributed by atoms with van der Waals surface area (Å²) in [6.07, 6.45) is 0.428. The Morgan fingerprint density at radius 2 is 1.90 bits per heavy atom. The molecule has 0 aromatic heterocycles. The van der Waals surface area contributed by atoms with Crippen molar-refractivity contribution in [3.05, 3.63) is 64.1 Å². The summed E-state index contributed by atoms with van der Waals surface area (Å²) < 4.78 is 0.853. The monoisotopic (exact) mass is 331 g/mol. The number of amides is 1. The van der Waals surface area contributed by atoms with Crippen LogP contribution in [0.1, 0.15) is 29.3 Å². The summed E-state index contributed by atoms with van der Waals surface area (Å²) in [5.41, 5.74) is 0.621. The first-order chi connectivity index (χ1) is 9.58. The van der Waals surface area contributed by atoms with Crippen LogP contribution in [0.25, 0.3) is 0 Å². The van der Waals surface area contributed by atoms with E-state index in [4.69, 9.17) is 0 Å². The molecule has 3 nitrogen and oxygen atoms in total. The molecule has 2 aromatic rings. The molecular formula is C16H14BrNO2. The zero-order chi connectivity index (χ0) is 14.3. The third-order valence-electron chi connectivity index (χ3n) is 3.72. The molecule has 1 aliphatic heterocycles. The zero-order valence-electron chi connectivity index (χ0n) is 11.0. The summed E-state index contributed by atoms with van der Waals surface area (Å²) >= 11 is 3.40. The van der Waals surface area contributed by atoms with E-state index < -0.39 is 5.72 Å². The first-order valence-electron chi connectivity index (χ1n) is 6.50. The largest absolute Gasteiger partial charge is 0.366 e. The van der Waals surface area contributed by atoms with Crippen LogP contribution in [-0.2, 0) is 5.72 Å². The Morgan fingerprint density at radius 1 is 1.20 bits per heavy atom. The van der Waals surface area contributed by atoms with Crippen molar-refractivity contribution in [2.24, 2.45) is 0 Å². The molecule has 1 amide bonds. The lowest BCUT2D eigenvalue weighted by molar-refractivity contribution is 0.0357. The van der Waals surface area contributed by atoms with Crippen LogP contribution in [0.15, 0.2) is 53.0 Å². The van der Waals surface area contributed by atoms with Crippen LogP contribution in [-0.4, -0.2) is 11.0 Å². The first-order valence-corrected chi connectivity index (χ1v) is 7.29. The number of nitrogens with zero attached hydrogens (tertiary/aromatic N) is 1. The quantitative estimate of drug-likeness (QED) is 0.912. The second kappa shape index (κ2) is 4.72. The van der Waals surface area contributed by atoms with Crippen molar-refractivity contribution < 1.29 is 9.90 Å². The highest BCUT2D eigenvalue weighted by Gasteiger charge is 2.48. The average Bonchev–Trinajstić information content (AvgIpc) is 2.69. The maximum Gasteiger partial charge on any atom is 0.261 e. The maximum absolute atomic E-state index is 12.6. The maximum atomic E-state index is 12.6. The van der Waals surface area contributed by atoms with Crippen molar-refractivity contribution in [1.82, 2.24) is 0 Å². The molecule has 1 unspecified atom stereocenters. The third-order valence-corrected chi connectivity index (χ3v) is 4.22. The fraction of sp³-hybridized carbons (Fsp3) is 0.188. The number of aliphatic hydroxyl groups is 1. The Labute approximate surface area is 126 Å². The van der Waals surface area contributed by atoms with Crippen LogP contribution in [0, 0.1) is 0 Å². The van der Waals surface area contributed by atoms with Gasteiger partial charge in [0, 0.05) is 21.3 Å². The van der Waals surface area contributed by atoms with Crippen LogP contribution in [0.3, 0.4) is 0 Å². The van der Waals surface area contributed by atoms with Crippen molar-refractivity contribution in [2.45, 2.75) is 19.1 Å². The summed E-state index contributed by atoms with van der Waals surface area (Å²) in [6, 6.07) is 14.7. The summed E-state index contributed by atoms with van der Waals surface area (Å²) in [5, 5.41) is 11.0. The predicted octanol–water partition coefficient (Wildman–Crippen LogP) is 3.66. The summed E-state index contributed by atoms with van der Waals surface area (Å²) in [5.74, 6) is -0.164. The Balaban J connectivity index is 2.21. The Kier molecular flexibility index (Phi) is 3.15. The Hall–Kier alpha value is -1.65. The van der Waals surface area contributed by atoms with Crippen molar-refractivity contribution in [2.75, 3.05) is 4.90 Å². The number of carbonyl (C=O) groups is 1. The molecule has 0 fully saturated rings. The highest BCUT2D eigenvalue weighted by molar-refractivity contribution is 9.10. The fourth-order valence-electron chi connectivity index (χ4n) is 2.70. The number of rotatable bonds is 2. The van der Waals surface area contributed by atoms with E-state index in [1.807, 2.05) is 49.4 Å². The normalized spacial score (nSPS) is 21.1. The number of fused-ring (bicyclic) bond motifs is 1. The van der Waals surface area contributed by atoms with Gasteiger partial charge in [0.05, 0.1) is 0 Å². The summed E-state index contributed by atoms with van der Waals surface area (Å²) in [7, 11) is 0. The Morgan fingerprint density at radius 3 is 2.55 bits per heavy atom. The molecule has 20 heavy (non-hydrogen) atoms. The molecule has 1 heterocycles. The predicted molar refractivity (Wildman–Crippen MR) is 81.6 cm³/mol. The lowest BCUT2D eigenvalue weighted by atomic mass is 9.99. The number of benzene rings is 2. The van der Waals surface area contributed by atoms with Gasteiger partial charge in [-0.15, -0.1) is 0 Å². The van der Waals surface area contributed by atoms with E-state index in [9.17, 15) is 9.90 Å². The molecule has 1 aliphatic rings. The highest BCUT2D eigenvalue weighted by Crippen LogP contribution is 2.43. The van der Waals surface area contributed by atoms with Crippen LogP contribution >= 0.6 is 15.9 Å². The molecule has 102 valence electrons. The molecule has 0 saturated heterocycles. The minimum absolute atomic E-state index is 0.164. The molecule has 3 rings (SSSR count). The number of carbonyl (C=O) groups excluding carboxylic acids is 1. The molecule has 4 heteroatoms. The number of halogens is 1. The van der Waals surface area contributed by atoms with E-state index in [0.717, 1.165) is 4.47 Å². The molecule has 1 atom stereocenters. The van der Waals surface area contributed by atoms with Gasteiger partial charge in [0.25, 0.3) is 5.91 Å². The van der Waals surface area contributed by atoms with Gasteiger partial charge in [0.1, 0.15) is 0 Å². The lowest BCUT2D eigenvalue weighted by Gasteiger charge is -2.33. The van der Waals surface area contributed by atoms with Gasteiger partial charge in [0.15, 0.2) is 5.72 Å². The van der Waals surface area contributed by atoms with Crippen LogP contribution < -0.4 is 4.90 Å². The van der Waals surface area contributed by atoms with Crippen LogP contribution in [0.4, 0.5) is 5.69 Å². The fourth-order valence-corrected chi connectivity index (χ4v) is 3.06. The van der Waals surface area contributed by atoms with E-state index in [1.165, 1.54) is 4.90 Å². The minimum atomic E-state index is -1.29. The summed E-state index contributed by atoms with van der Waals surface area (Å²) in [4.78, 5) is 14.1. The van der Waals surface area contributed by atoms with Crippen molar-refractivity contribution in [3.63, 3.8) is 0 Å². The standard InChI is InChI=1S/C16H14BrNO2/c1-2-16(20)14-10-11(17)8-9-13(14)15(19)18(16)12-6-4-3-5-7-12/h3-10,20H,2H2,1H3. The van der Waals surface area contributed by atoms with Gasteiger partial charge < -0.3 is 5.11 Å². The second-order valence-electron chi connectivity index (χ2n) is 4.84. The van der Waals surface area contributed by atoms with Crippen molar-refractivity contribution in [1.29, 1.82) is 0 Å². The van der Waals surface area contributed by atoms with Gasteiger partial charge in [-0.2, -0.15) is 0 Å². The number of anilines is 1.